The van der Waals surface area contributed by atoms with Gasteiger partial charge in [-0.2, -0.15) is 0 Å². The number of nitrogens with zero attached hydrogens (tertiary/aromatic N) is 2. The van der Waals surface area contributed by atoms with E-state index in [4.69, 9.17) is 13.9 Å². The van der Waals surface area contributed by atoms with Crippen LogP contribution in [0.25, 0.3) is 11.1 Å². The molecule has 1 fully saturated rings. The van der Waals surface area contributed by atoms with Crippen LogP contribution in [0, 0.1) is 31.5 Å². The molecule has 7 nitrogen and oxygen atoms in total. The third-order valence-electron chi connectivity index (χ3n) is 9.57. The molecule has 0 unspecified atom stereocenters. The fourth-order valence-electron chi connectivity index (χ4n) is 5.78. The summed E-state index contributed by atoms with van der Waals surface area (Å²) in [6.45, 7) is 15.2. The Morgan fingerprint density at radius 2 is 1.72 bits per heavy atom. The summed E-state index contributed by atoms with van der Waals surface area (Å²) in [5.74, 6) is 8.71. The Hall–Kier alpha value is -4.13. The van der Waals surface area contributed by atoms with Crippen molar-refractivity contribution in [2.75, 3.05) is 7.11 Å². The zero-order valence-corrected chi connectivity index (χ0v) is 30.1. The number of nitrogens with one attached hydrogen (secondary N) is 1. The van der Waals surface area contributed by atoms with Gasteiger partial charge in [-0.1, -0.05) is 45.6 Å². The molecule has 0 aliphatic heterocycles. The van der Waals surface area contributed by atoms with Gasteiger partial charge >= 0.3 is 0 Å². The molecule has 47 heavy (non-hydrogen) atoms. The number of halogens is 1. The van der Waals surface area contributed by atoms with Gasteiger partial charge in [-0.05, 0) is 91.7 Å². The van der Waals surface area contributed by atoms with Crippen molar-refractivity contribution in [3.8, 4) is 40.2 Å². The van der Waals surface area contributed by atoms with Crippen molar-refractivity contribution in [2.24, 2.45) is 7.05 Å². The van der Waals surface area contributed by atoms with Gasteiger partial charge in [-0.25, -0.2) is 9.37 Å². The van der Waals surface area contributed by atoms with E-state index in [2.05, 4.69) is 55.7 Å². The second-order valence-electron chi connectivity index (χ2n) is 14.1. The first-order valence-corrected chi connectivity index (χ1v) is 19.2. The summed E-state index contributed by atoms with van der Waals surface area (Å²) in [5, 5.41) is 0.0531. The van der Waals surface area contributed by atoms with Gasteiger partial charge in [0.15, 0.2) is 8.32 Å². The maximum absolute atomic E-state index is 14.2. The molecule has 2 heterocycles. The van der Waals surface area contributed by atoms with Gasteiger partial charge < -0.3 is 23.5 Å². The van der Waals surface area contributed by atoms with Gasteiger partial charge in [-0.15, -0.1) is 0 Å². The largest absolute Gasteiger partial charge is 0.495 e. The first kappa shape index (κ1) is 34.2. The molecule has 1 N–H and O–H groups in total. The first-order chi connectivity index (χ1) is 22.2. The minimum Gasteiger partial charge on any atom is -0.495 e. The Morgan fingerprint density at radius 3 is 2.36 bits per heavy atom. The SMILES string of the molecule is COc1c(-c2cc(CO[Si](C)(C)C(C)(C)C)ccc2Oc2c(C)cc(F)cc2C)cn(C)c(=O)c1C#Cc1cnc(C2CCCC2)[nH]1. The number of pyridine rings is 1. The molecule has 9 heteroatoms. The monoisotopic (exact) mass is 655 g/mol. The van der Waals surface area contributed by atoms with Crippen LogP contribution in [-0.2, 0) is 18.1 Å². The Bertz CT molecular complexity index is 1880. The topological polar surface area (TPSA) is 78.4 Å². The maximum Gasteiger partial charge on any atom is 0.269 e. The van der Waals surface area contributed by atoms with Gasteiger partial charge in [0.25, 0.3) is 5.56 Å². The van der Waals surface area contributed by atoms with E-state index < -0.39 is 8.32 Å². The quantitative estimate of drug-likeness (QED) is 0.152. The number of benzene rings is 2. The number of aromatic amines is 1. The van der Waals surface area contributed by atoms with Crippen molar-refractivity contribution in [3.05, 3.63) is 92.7 Å². The van der Waals surface area contributed by atoms with E-state index in [1.54, 1.807) is 19.4 Å². The first-order valence-electron chi connectivity index (χ1n) is 16.2. The lowest BCUT2D eigenvalue weighted by Crippen LogP contribution is -2.40. The molecule has 0 bridgehead atoms. The number of aryl methyl sites for hydroxylation is 3. The Kier molecular flexibility index (Phi) is 9.85. The summed E-state index contributed by atoms with van der Waals surface area (Å²) in [7, 11) is 1.20. The van der Waals surface area contributed by atoms with Crippen LogP contribution in [0.2, 0.25) is 18.1 Å². The molecule has 2 aromatic heterocycles. The molecule has 0 saturated heterocycles. The molecule has 2 aromatic carbocycles. The van der Waals surface area contributed by atoms with Crippen LogP contribution in [0.5, 0.6) is 17.2 Å². The lowest BCUT2D eigenvalue weighted by molar-refractivity contribution is 0.276. The van der Waals surface area contributed by atoms with Crippen molar-refractivity contribution in [1.29, 1.82) is 0 Å². The summed E-state index contributed by atoms with van der Waals surface area (Å²) in [6.07, 6.45) is 8.14. The molecule has 0 radical (unpaired) electrons. The summed E-state index contributed by atoms with van der Waals surface area (Å²) in [5.41, 5.74) is 4.24. The molecular weight excluding hydrogens is 610 g/mol. The fraction of sp³-hybridized carbons (Fsp3) is 0.421. The van der Waals surface area contributed by atoms with Gasteiger partial charge in [-0.3, -0.25) is 4.79 Å². The van der Waals surface area contributed by atoms with Crippen molar-refractivity contribution in [1.82, 2.24) is 14.5 Å². The second-order valence-corrected chi connectivity index (χ2v) is 18.9. The van der Waals surface area contributed by atoms with Crippen molar-refractivity contribution in [2.45, 2.75) is 91.0 Å². The zero-order valence-electron chi connectivity index (χ0n) is 29.1. The van der Waals surface area contributed by atoms with Crippen LogP contribution in [0.1, 0.15) is 86.1 Å². The minimum atomic E-state index is -2.04. The summed E-state index contributed by atoms with van der Waals surface area (Å²) in [4.78, 5) is 21.4. The molecule has 0 atom stereocenters. The zero-order chi connectivity index (χ0) is 34.1. The average Bonchev–Trinajstić information content (AvgIpc) is 3.71. The molecule has 5 rings (SSSR count). The highest BCUT2D eigenvalue weighted by Gasteiger charge is 2.37. The Balaban J connectivity index is 1.62. The van der Waals surface area contributed by atoms with Crippen molar-refractivity contribution < 1.29 is 18.3 Å². The third-order valence-corrected chi connectivity index (χ3v) is 14.0. The van der Waals surface area contributed by atoms with Crippen LogP contribution in [0.4, 0.5) is 4.39 Å². The molecule has 4 aromatic rings. The smallest absolute Gasteiger partial charge is 0.269 e. The van der Waals surface area contributed by atoms with Crippen LogP contribution < -0.4 is 15.0 Å². The number of hydrogen-bond acceptors (Lipinski definition) is 5. The molecule has 248 valence electrons. The predicted molar refractivity (Wildman–Crippen MR) is 187 cm³/mol. The number of hydrogen-bond donors (Lipinski definition) is 1. The number of methoxy groups -OCH3 is 1. The van der Waals surface area contributed by atoms with E-state index in [-0.39, 0.29) is 22.0 Å². The standard InChI is InChI=1S/C38H46FN3O4Si/c1-24-18-28(39)19-25(2)34(24)46-33-17-14-26(23-45-47(8,9)38(3,4)5)20-31(33)32-22-42(6)37(43)30(35(32)44-7)16-15-29-21-40-36(41-29)27-12-10-11-13-27/h14,17-22,27H,10-13,23H2,1-9H3,(H,40,41). The normalized spacial score (nSPS) is 13.8. The number of rotatable bonds is 8. The predicted octanol–water partition coefficient (Wildman–Crippen LogP) is 8.91. The summed E-state index contributed by atoms with van der Waals surface area (Å²) >= 11 is 0. The third kappa shape index (κ3) is 7.39. The van der Waals surface area contributed by atoms with E-state index >= 15 is 0 Å². The van der Waals surface area contributed by atoms with Crippen molar-refractivity contribution in [3.63, 3.8) is 0 Å². The highest BCUT2D eigenvalue weighted by atomic mass is 28.4. The summed E-state index contributed by atoms with van der Waals surface area (Å²) in [6, 6.07) is 8.80. The lowest BCUT2D eigenvalue weighted by atomic mass is 10.00. The highest BCUT2D eigenvalue weighted by molar-refractivity contribution is 6.74. The van der Waals surface area contributed by atoms with Crippen molar-refractivity contribution >= 4 is 8.32 Å². The van der Waals surface area contributed by atoms with Gasteiger partial charge in [0.2, 0.25) is 0 Å². The van der Waals surface area contributed by atoms with Gasteiger partial charge in [0.05, 0.1) is 19.9 Å². The van der Waals surface area contributed by atoms with E-state index in [9.17, 15) is 9.18 Å². The van der Waals surface area contributed by atoms with E-state index in [0.717, 1.165) is 24.2 Å². The molecule has 1 aliphatic rings. The maximum atomic E-state index is 14.2. The molecule has 1 aliphatic carbocycles. The van der Waals surface area contributed by atoms with Gasteiger partial charge in [0.1, 0.15) is 40.1 Å². The Morgan fingerprint density at radius 1 is 1.04 bits per heavy atom. The highest BCUT2D eigenvalue weighted by Crippen LogP contribution is 2.42. The van der Waals surface area contributed by atoms with Crippen LogP contribution in [0.15, 0.2) is 47.5 Å². The average molecular weight is 656 g/mol. The molecule has 0 amide bonds. The van der Waals surface area contributed by atoms with Crippen LogP contribution in [-0.4, -0.2) is 30.0 Å². The molecule has 1 saturated carbocycles. The van der Waals surface area contributed by atoms with E-state index in [0.29, 0.717) is 57.7 Å². The van der Waals surface area contributed by atoms with Crippen LogP contribution in [0.3, 0.4) is 0 Å². The van der Waals surface area contributed by atoms with E-state index in [1.165, 1.54) is 36.7 Å². The molecular formula is C38H46FN3O4Si. The Labute approximate surface area is 278 Å². The minimum absolute atomic E-state index is 0.0531. The molecule has 0 spiro atoms. The number of imidazole rings is 1. The lowest BCUT2D eigenvalue weighted by Gasteiger charge is -2.36. The van der Waals surface area contributed by atoms with E-state index in [1.807, 2.05) is 32.0 Å². The summed E-state index contributed by atoms with van der Waals surface area (Å²) < 4.78 is 34.7. The fourth-order valence-corrected chi connectivity index (χ4v) is 6.75. The number of H-pyrrole nitrogens is 1. The number of aromatic nitrogens is 3. The van der Waals surface area contributed by atoms with Crippen LogP contribution >= 0.6 is 0 Å². The number of ether oxygens (including phenoxy) is 2. The van der Waals surface area contributed by atoms with Gasteiger partial charge in [0, 0.05) is 30.3 Å². The second kappa shape index (κ2) is 13.5.